The number of aryl methyl sites for hydroxylation is 1. The third kappa shape index (κ3) is 4.97. The maximum Gasteiger partial charge on any atom is 0.407 e. The Kier molecular flexibility index (Phi) is 6.98. The second-order valence-electron chi connectivity index (χ2n) is 8.28. The molecule has 7 nitrogen and oxygen atoms in total. The highest BCUT2D eigenvalue weighted by Crippen LogP contribution is 2.44. The second-order valence-corrected chi connectivity index (χ2v) is 9.36. The van der Waals surface area contributed by atoms with Crippen molar-refractivity contribution in [3.05, 3.63) is 81.0 Å². The third-order valence-electron chi connectivity index (χ3n) is 6.17. The van der Waals surface area contributed by atoms with E-state index in [-0.39, 0.29) is 19.1 Å². The van der Waals surface area contributed by atoms with Crippen molar-refractivity contribution in [1.82, 2.24) is 10.6 Å². The van der Waals surface area contributed by atoms with Crippen LogP contribution in [0.2, 0.25) is 0 Å². The summed E-state index contributed by atoms with van der Waals surface area (Å²) in [7, 11) is 0. The number of carboxylic acid groups (broad SMARTS) is 1. The van der Waals surface area contributed by atoms with Crippen LogP contribution in [0.4, 0.5) is 4.79 Å². The van der Waals surface area contributed by atoms with Gasteiger partial charge in [-0.15, -0.1) is 11.3 Å². The minimum atomic E-state index is -1.24. The number of nitrogens with one attached hydrogen (secondary N) is 2. The Morgan fingerprint density at radius 3 is 2.21 bits per heavy atom. The summed E-state index contributed by atoms with van der Waals surface area (Å²) >= 11 is 1.59. The van der Waals surface area contributed by atoms with E-state index in [0.29, 0.717) is 0 Å². The number of ether oxygens (including phenoxy) is 1. The van der Waals surface area contributed by atoms with Crippen LogP contribution >= 0.6 is 11.3 Å². The summed E-state index contributed by atoms with van der Waals surface area (Å²) in [5.41, 5.74) is 6.40. The summed E-state index contributed by atoms with van der Waals surface area (Å²) < 4.78 is 5.47. The lowest BCUT2D eigenvalue weighted by Crippen LogP contribution is -2.48. The van der Waals surface area contributed by atoms with Gasteiger partial charge in [0.05, 0.1) is 6.42 Å². The number of carbonyl (C=O) groups is 3. The number of aliphatic carboxylic acids is 1. The Morgan fingerprint density at radius 2 is 1.65 bits per heavy atom. The average Bonchev–Trinajstić information content (AvgIpc) is 3.32. The number of carbonyl (C=O) groups excluding carboxylic acids is 2. The van der Waals surface area contributed by atoms with E-state index in [2.05, 4.69) is 10.6 Å². The molecule has 2 aromatic carbocycles. The molecule has 4 rings (SSSR count). The minimum Gasteiger partial charge on any atom is -0.481 e. The molecule has 1 aliphatic carbocycles. The molecule has 1 unspecified atom stereocenters. The number of amides is 2. The van der Waals surface area contributed by atoms with Gasteiger partial charge in [-0.05, 0) is 52.6 Å². The Morgan fingerprint density at radius 1 is 1.03 bits per heavy atom. The van der Waals surface area contributed by atoms with Crippen molar-refractivity contribution < 1.29 is 24.2 Å². The molecule has 0 radical (unpaired) electrons. The van der Waals surface area contributed by atoms with Crippen LogP contribution in [-0.4, -0.2) is 35.7 Å². The van der Waals surface area contributed by atoms with Gasteiger partial charge in [-0.2, -0.15) is 0 Å². The number of rotatable bonds is 8. The SMILES string of the molecule is Cc1scc(CNC(=O)C(CC(=O)O)NC(=O)OCC2c3ccccc3-c3ccccc32)c1C. The van der Waals surface area contributed by atoms with Gasteiger partial charge in [-0.3, -0.25) is 9.59 Å². The first-order valence-electron chi connectivity index (χ1n) is 11.0. The molecule has 1 aliphatic rings. The van der Waals surface area contributed by atoms with Gasteiger partial charge in [0.1, 0.15) is 12.6 Å². The molecule has 0 saturated carbocycles. The molecule has 0 spiro atoms. The molecule has 1 heterocycles. The first-order chi connectivity index (χ1) is 16.3. The van der Waals surface area contributed by atoms with Crippen molar-refractivity contribution in [2.75, 3.05) is 6.61 Å². The molecular weight excluding hydrogens is 452 g/mol. The van der Waals surface area contributed by atoms with Gasteiger partial charge in [0.2, 0.25) is 5.91 Å². The zero-order valence-corrected chi connectivity index (χ0v) is 19.8. The van der Waals surface area contributed by atoms with Gasteiger partial charge < -0.3 is 20.5 Å². The second kappa shape index (κ2) is 10.1. The van der Waals surface area contributed by atoms with Gasteiger partial charge in [-0.1, -0.05) is 48.5 Å². The molecule has 0 bridgehead atoms. The van der Waals surface area contributed by atoms with Crippen molar-refractivity contribution in [3.63, 3.8) is 0 Å². The van der Waals surface area contributed by atoms with Gasteiger partial charge >= 0.3 is 12.1 Å². The molecule has 3 aromatic rings. The zero-order chi connectivity index (χ0) is 24.2. The molecule has 0 fully saturated rings. The number of thiophene rings is 1. The van der Waals surface area contributed by atoms with E-state index < -0.39 is 30.4 Å². The van der Waals surface area contributed by atoms with Gasteiger partial charge in [-0.25, -0.2) is 4.79 Å². The van der Waals surface area contributed by atoms with Crippen molar-refractivity contribution in [1.29, 1.82) is 0 Å². The molecule has 0 saturated heterocycles. The van der Waals surface area contributed by atoms with Crippen LogP contribution in [-0.2, 0) is 20.9 Å². The number of benzene rings is 2. The van der Waals surface area contributed by atoms with Crippen LogP contribution in [0.3, 0.4) is 0 Å². The Balaban J connectivity index is 1.39. The van der Waals surface area contributed by atoms with Crippen molar-refractivity contribution >= 4 is 29.3 Å². The fraction of sp³-hybridized carbons (Fsp3) is 0.269. The third-order valence-corrected chi connectivity index (χ3v) is 7.23. The first-order valence-corrected chi connectivity index (χ1v) is 11.9. The Labute approximate surface area is 201 Å². The van der Waals surface area contributed by atoms with Gasteiger partial charge in [0.25, 0.3) is 0 Å². The first kappa shape index (κ1) is 23.5. The normalized spacial score (nSPS) is 13.0. The molecule has 176 valence electrons. The molecule has 1 atom stereocenters. The summed E-state index contributed by atoms with van der Waals surface area (Å²) in [6.45, 7) is 4.31. The fourth-order valence-corrected chi connectivity index (χ4v) is 5.10. The zero-order valence-electron chi connectivity index (χ0n) is 19.0. The summed E-state index contributed by atoms with van der Waals surface area (Å²) in [5, 5.41) is 16.3. The summed E-state index contributed by atoms with van der Waals surface area (Å²) in [5.74, 6) is -1.89. The number of alkyl carbamates (subject to hydrolysis) is 1. The maximum atomic E-state index is 12.7. The molecule has 0 aliphatic heterocycles. The van der Waals surface area contributed by atoms with Crippen LogP contribution in [0.5, 0.6) is 0 Å². The fourth-order valence-electron chi connectivity index (χ4n) is 4.21. The predicted octanol–water partition coefficient (Wildman–Crippen LogP) is 4.36. The maximum absolute atomic E-state index is 12.7. The smallest absolute Gasteiger partial charge is 0.407 e. The Bertz CT molecular complexity index is 1190. The van der Waals surface area contributed by atoms with Crippen molar-refractivity contribution in [2.24, 2.45) is 0 Å². The van der Waals surface area contributed by atoms with Crippen LogP contribution in [0.25, 0.3) is 11.1 Å². The van der Waals surface area contributed by atoms with E-state index in [0.717, 1.165) is 38.3 Å². The molecule has 2 amide bonds. The van der Waals surface area contributed by atoms with Crippen LogP contribution in [0.15, 0.2) is 53.9 Å². The molecular formula is C26H26N2O5S. The lowest BCUT2D eigenvalue weighted by molar-refractivity contribution is -0.139. The number of hydrogen-bond donors (Lipinski definition) is 3. The topological polar surface area (TPSA) is 105 Å². The van der Waals surface area contributed by atoms with E-state index in [1.54, 1.807) is 11.3 Å². The molecule has 34 heavy (non-hydrogen) atoms. The predicted molar refractivity (Wildman–Crippen MR) is 130 cm³/mol. The number of fused-ring (bicyclic) bond motifs is 3. The highest BCUT2D eigenvalue weighted by molar-refractivity contribution is 7.10. The average molecular weight is 479 g/mol. The Hall–Kier alpha value is -3.65. The quantitative estimate of drug-likeness (QED) is 0.446. The van der Waals surface area contributed by atoms with E-state index in [1.807, 2.05) is 67.8 Å². The standard InChI is InChI=1S/C26H26N2O5S/c1-15-16(2)34-14-17(15)12-27-25(31)23(11-24(29)30)28-26(32)33-13-22-20-9-5-3-7-18(20)19-8-4-6-10-21(19)22/h3-10,14,22-23H,11-13H2,1-2H3,(H,27,31)(H,28,32)(H,29,30). The summed E-state index contributed by atoms with van der Waals surface area (Å²) in [6.07, 6.45) is -1.37. The van der Waals surface area contributed by atoms with E-state index in [1.165, 1.54) is 0 Å². The highest BCUT2D eigenvalue weighted by atomic mass is 32.1. The van der Waals surface area contributed by atoms with Gasteiger partial charge in [0.15, 0.2) is 0 Å². The van der Waals surface area contributed by atoms with Crippen molar-refractivity contribution in [2.45, 2.75) is 38.8 Å². The minimum absolute atomic E-state index is 0.0780. The lowest BCUT2D eigenvalue weighted by atomic mass is 9.98. The highest BCUT2D eigenvalue weighted by Gasteiger charge is 2.30. The van der Waals surface area contributed by atoms with E-state index >= 15 is 0 Å². The van der Waals surface area contributed by atoms with Gasteiger partial charge in [0, 0.05) is 17.3 Å². The largest absolute Gasteiger partial charge is 0.481 e. The monoisotopic (exact) mass is 478 g/mol. The molecule has 8 heteroatoms. The van der Waals surface area contributed by atoms with Crippen molar-refractivity contribution in [3.8, 4) is 11.1 Å². The summed E-state index contributed by atoms with van der Waals surface area (Å²) in [6, 6.07) is 14.7. The summed E-state index contributed by atoms with van der Waals surface area (Å²) in [4.78, 5) is 37.7. The van der Waals surface area contributed by atoms with Crippen LogP contribution in [0.1, 0.15) is 39.5 Å². The number of hydrogen-bond acceptors (Lipinski definition) is 5. The van der Waals surface area contributed by atoms with E-state index in [9.17, 15) is 19.5 Å². The molecule has 3 N–H and O–H groups in total. The number of carboxylic acids is 1. The van der Waals surface area contributed by atoms with E-state index in [4.69, 9.17) is 4.74 Å². The molecule has 1 aromatic heterocycles. The lowest BCUT2D eigenvalue weighted by Gasteiger charge is -2.19. The van der Waals surface area contributed by atoms with Crippen LogP contribution in [0, 0.1) is 13.8 Å². The van der Waals surface area contributed by atoms with Crippen LogP contribution < -0.4 is 10.6 Å².